The Morgan fingerprint density at radius 1 is 1.33 bits per heavy atom. The molecule has 1 amide bonds. The molecular formula is C17H19NO2S. The first-order valence-electron chi connectivity index (χ1n) is 7.20. The number of carbonyl (C=O) groups is 1. The molecule has 1 aliphatic carbocycles. The van der Waals surface area contributed by atoms with Gasteiger partial charge in [0.05, 0.1) is 4.88 Å². The van der Waals surface area contributed by atoms with Crippen LogP contribution in [0, 0.1) is 13.8 Å². The normalized spacial score (nSPS) is 14.0. The fourth-order valence-corrected chi connectivity index (χ4v) is 2.98. The van der Waals surface area contributed by atoms with Crippen LogP contribution in [0.1, 0.15) is 39.2 Å². The van der Waals surface area contributed by atoms with E-state index >= 15 is 0 Å². The third-order valence-corrected chi connectivity index (χ3v) is 4.49. The van der Waals surface area contributed by atoms with E-state index in [0.29, 0.717) is 12.6 Å². The molecule has 1 heterocycles. The van der Waals surface area contributed by atoms with Crippen LogP contribution in [0.15, 0.2) is 29.6 Å². The number of nitrogens with one attached hydrogen (secondary N) is 1. The number of amides is 1. The lowest BCUT2D eigenvalue weighted by molar-refractivity contribution is 0.0955. The van der Waals surface area contributed by atoms with Crippen molar-refractivity contribution in [1.82, 2.24) is 5.32 Å². The van der Waals surface area contributed by atoms with Gasteiger partial charge in [-0.15, -0.1) is 11.3 Å². The van der Waals surface area contributed by atoms with Crippen LogP contribution in [-0.2, 0) is 6.61 Å². The Kier molecular flexibility index (Phi) is 3.97. The van der Waals surface area contributed by atoms with Gasteiger partial charge < -0.3 is 10.1 Å². The van der Waals surface area contributed by atoms with Gasteiger partial charge in [-0.1, -0.05) is 17.7 Å². The third kappa shape index (κ3) is 3.64. The van der Waals surface area contributed by atoms with Crippen molar-refractivity contribution in [2.75, 3.05) is 0 Å². The minimum Gasteiger partial charge on any atom is -0.489 e. The third-order valence-electron chi connectivity index (χ3n) is 3.51. The van der Waals surface area contributed by atoms with E-state index in [2.05, 4.69) is 18.3 Å². The maximum atomic E-state index is 11.9. The van der Waals surface area contributed by atoms with Crippen LogP contribution in [0.2, 0.25) is 0 Å². The fraction of sp³-hybridized carbons (Fsp3) is 0.353. The lowest BCUT2D eigenvalue weighted by Gasteiger charge is -2.08. The van der Waals surface area contributed by atoms with Crippen molar-refractivity contribution in [2.45, 2.75) is 39.3 Å². The molecule has 1 aromatic heterocycles. The standard InChI is InChI=1S/C17H19NO2S/c1-11-3-6-15(12(2)7-11)20-9-13-8-16(21-10-13)17(19)18-14-4-5-14/h3,6-8,10,14H,4-5,9H2,1-2H3,(H,18,19). The number of aryl methyl sites for hydroxylation is 2. The van der Waals surface area contributed by atoms with E-state index in [1.165, 1.54) is 16.9 Å². The molecule has 3 nitrogen and oxygen atoms in total. The highest BCUT2D eigenvalue weighted by Crippen LogP contribution is 2.23. The Bertz CT molecular complexity index is 659. The first-order chi connectivity index (χ1) is 10.1. The zero-order valence-corrected chi connectivity index (χ0v) is 13.1. The van der Waals surface area contributed by atoms with E-state index in [4.69, 9.17) is 4.74 Å². The van der Waals surface area contributed by atoms with Gasteiger partial charge in [0.15, 0.2) is 0 Å². The summed E-state index contributed by atoms with van der Waals surface area (Å²) < 4.78 is 5.84. The predicted octanol–water partition coefficient (Wildman–Crippen LogP) is 3.84. The van der Waals surface area contributed by atoms with Crippen molar-refractivity contribution >= 4 is 17.2 Å². The van der Waals surface area contributed by atoms with Crippen LogP contribution >= 0.6 is 11.3 Å². The van der Waals surface area contributed by atoms with Crippen molar-refractivity contribution in [3.8, 4) is 5.75 Å². The number of rotatable bonds is 5. The summed E-state index contributed by atoms with van der Waals surface area (Å²) in [5, 5.41) is 4.99. The summed E-state index contributed by atoms with van der Waals surface area (Å²) in [7, 11) is 0. The molecule has 0 aliphatic heterocycles. The molecule has 3 rings (SSSR count). The molecule has 0 bridgehead atoms. The topological polar surface area (TPSA) is 38.3 Å². The Morgan fingerprint density at radius 2 is 2.14 bits per heavy atom. The van der Waals surface area contributed by atoms with Gasteiger partial charge in [0, 0.05) is 11.6 Å². The van der Waals surface area contributed by atoms with Gasteiger partial charge in [0.1, 0.15) is 12.4 Å². The molecule has 0 unspecified atom stereocenters. The Morgan fingerprint density at radius 3 is 2.86 bits per heavy atom. The average Bonchev–Trinajstić information content (AvgIpc) is 3.13. The van der Waals surface area contributed by atoms with E-state index in [0.717, 1.165) is 34.6 Å². The highest BCUT2D eigenvalue weighted by Gasteiger charge is 2.24. The van der Waals surface area contributed by atoms with Crippen LogP contribution in [0.4, 0.5) is 0 Å². The van der Waals surface area contributed by atoms with E-state index in [1.807, 2.05) is 30.5 Å². The second-order valence-electron chi connectivity index (χ2n) is 5.62. The zero-order valence-electron chi connectivity index (χ0n) is 12.3. The second-order valence-corrected chi connectivity index (χ2v) is 6.54. The lowest BCUT2D eigenvalue weighted by Crippen LogP contribution is -2.24. The van der Waals surface area contributed by atoms with Crippen LogP contribution in [0.5, 0.6) is 5.75 Å². The maximum absolute atomic E-state index is 11.9. The Hall–Kier alpha value is -1.81. The summed E-state index contributed by atoms with van der Waals surface area (Å²) in [4.78, 5) is 12.7. The molecule has 0 spiro atoms. The Labute approximate surface area is 129 Å². The van der Waals surface area contributed by atoms with Crippen molar-refractivity contribution in [3.63, 3.8) is 0 Å². The highest BCUT2D eigenvalue weighted by molar-refractivity contribution is 7.12. The molecule has 0 saturated heterocycles. The van der Waals surface area contributed by atoms with Crippen LogP contribution < -0.4 is 10.1 Å². The summed E-state index contributed by atoms with van der Waals surface area (Å²) in [5.41, 5.74) is 3.41. The molecule has 1 aromatic carbocycles. The van der Waals surface area contributed by atoms with Gasteiger partial charge in [-0.05, 0) is 49.8 Å². The highest BCUT2D eigenvalue weighted by atomic mass is 32.1. The van der Waals surface area contributed by atoms with E-state index in [9.17, 15) is 4.79 Å². The molecule has 0 atom stereocenters. The smallest absolute Gasteiger partial charge is 0.261 e. The minimum atomic E-state index is 0.0419. The van der Waals surface area contributed by atoms with E-state index < -0.39 is 0 Å². The predicted molar refractivity (Wildman–Crippen MR) is 85.1 cm³/mol. The average molecular weight is 301 g/mol. The van der Waals surface area contributed by atoms with Crippen LogP contribution in [-0.4, -0.2) is 11.9 Å². The number of ether oxygens (including phenoxy) is 1. The first-order valence-corrected chi connectivity index (χ1v) is 8.08. The molecular weight excluding hydrogens is 282 g/mol. The van der Waals surface area contributed by atoms with Crippen molar-refractivity contribution in [3.05, 3.63) is 51.2 Å². The SMILES string of the molecule is Cc1ccc(OCc2csc(C(=O)NC3CC3)c2)c(C)c1. The van der Waals surface area contributed by atoms with Crippen LogP contribution in [0.25, 0.3) is 0 Å². The number of carbonyl (C=O) groups excluding carboxylic acids is 1. The molecule has 0 radical (unpaired) electrons. The lowest BCUT2D eigenvalue weighted by atomic mass is 10.1. The number of hydrogen-bond acceptors (Lipinski definition) is 3. The molecule has 1 saturated carbocycles. The second kappa shape index (κ2) is 5.90. The van der Waals surface area contributed by atoms with Crippen LogP contribution in [0.3, 0.4) is 0 Å². The van der Waals surface area contributed by atoms with Gasteiger partial charge in [-0.25, -0.2) is 0 Å². The van der Waals surface area contributed by atoms with Crippen molar-refractivity contribution in [1.29, 1.82) is 0 Å². The summed E-state index contributed by atoms with van der Waals surface area (Å²) in [6.07, 6.45) is 2.22. The summed E-state index contributed by atoms with van der Waals surface area (Å²) in [6.45, 7) is 4.61. The molecule has 4 heteroatoms. The molecule has 1 N–H and O–H groups in total. The number of benzene rings is 1. The molecule has 2 aromatic rings. The largest absolute Gasteiger partial charge is 0.489 e. The molecule has 1 fully saturated rings. The van der Waals surface area contributed by atoms with Crippen molar-refractivity contribution < 1.29 is 9.53 Å². The van der Waals surface area contributed by atoms with Gasteiger partial charge in [0.25, 0.3) is 5.91 Å². The minimum absolute atomic E-state index is 0.0419. The number of thiophene rings is 1. The van der Waals surface area contributed by atoms with Gasteiger partial charge >= 0.3 is 0 Å². The summed E-state index contributed by atoms with van der Waals surface area (Å²) >= 11 is 1.48. The molecule has 1 aliphatic rings. The van der Waals surface area contributed by atoms with E-state index in [-0.39, 0.29) is 5.91 Å². The van der Waals surface area contributed by atoms with Crippen molar-refractivity contribution in [2.24, 2.45) is 0 Å². The van der Waals surface area contributed by atoms with E-state index in [1.54, 1.807) is 0 Å². The number of hydrogen-bond donors (Lipinski definition) is 1. The molecule has 110 valence electrons. The Balaban J connectivity index is 1.60. The maximum Gasteiger partial charge on any atom is 0.261 e. The monoisotopic (exact) mass is 301 g/mol. The van der Waals surface area contributed by atoms with Gasteiger partial charge in [-0.3, -0.25) is 4.79 Å². The molecule has 21 heavy (non-hydrogen) atoms. The first kappa shape index (κ1) is 14.1. The quantitative estimate of drug-likeness (QED) is 0.911. The summed E-state index contributed by atoms with van der Waals surface area (Å²) in [5.74, 6) is 0.941. The summed E-state index contributed by atoms with van der Waals surface area (Å²) in [6, 6.07) is 8.47. The zero-order chi connectivity index (χ0) is 14.8. The van der Waals surface area contributed by atoms with Gasteiger partial charge in [0.2, 0.25) is 0 Å². The fourth-order valence-electron chi connectivity index (χ4n) is 2.18. The van der Waals surface area contributed by atoms with Gasteiger partial charge in [-0.2, -0.15) is 0 Å².